The summed E-state index contributed by atoms with van der Waals surface area (Å²) in [5, 5.41) is 0.125. The highest BCUT2D eigenvalue weighted by Gasteiger charge is 2.20. The van der Waals surface area contributed by atoms with E-state index in [0.29, 0.717) is 0 Å². The Labute approximate surface area is 129 Å². The zero-order valence-electron chi connectivity index (χ0n) is 11.5. The molecule has 1 aromatic rings. The van der Waals surface area contributed by atoms with Crippen LogP contribution in [0.25, 0.3) is 0 Å². The van der Waals surface area contributed by atoms with Crippen LogP contribution in [0, 0.1) is 5.92 Å². The monoisotopic (exact) mass is 344 g/mol. The van der Waals surface area contributed by atoms with Crippen molar-refractivity contribution in [2.45, 2.75) is 50.8 Å². The molecule has 0 aromatic heterocycles. The van der Waals surface area contributed by atoms with Gasteiger partial charge in [-0.15, -0.1) is 11.6 Å². The van der Waals surface area contributed by atoms with E-state index >= 15 is 0 Å². The molecule has 0 aliphatic heterocycles. The first-order valence-electron chi connectivity index (χ1n) is 7.27. The second-order valence-electron chi connectivity index (χ2n) is 5.39. The lowest BCUT2D eigenvalue weighted by Crippen LogP contribution is -2.01. The van der Waals surface area contributed by atoms with E-state index in [2.05, 4.69) is 35.0 Å². The van der Waals surface area contributed by atoms with Gasteiger partial charge in [-0.3, -0.25) is 0 Å². The molecular formula is C16H22BrClO. The summed E-state index contributed by atoms with van der Waals surface area (Å²) in [6.07, 6.45) is 7.57. The van der Waals surface area contributed by atoms with Crippen molar-refractivity contribution in [1.82, 2.24) is 0 Å². The van der Waals surface area contributed by atoms with E-state index in [-0.39, 0.29) is 5.38 Å². The van der Waals surface area contributed by atoms with Gasteiger partial charge in [0.15, 0.2) is 0 Å². The van der Waals surface area contributed by atoms with Gasteiger partial charge in [0, 0.05) is 0 Å². The number of rotatable bonds is 6. The quantitative estimate of drug-likeness (QED) is 0.566. The second kappa shape index (κ2) is 7.54. The summed E-state index contributed by atoms with van der Waals surface area (Å²) in [6.45, 7) is 2.86. The molecule has 1 aromatic carbocycles. The molecular weight excluding hydrogens is 324 g/mol. The first-order valence-corrected chi connectivity index (χ1v) is 8.50. The van der Waals surface area contributed by atoms with Gasteiger partial charge in [0.2, 0.25) is 0 Å². The van der Waals surface area contributed by atoms with Gasteiger partial charge in [0.1, 0.15) is 5.75 Å². The third-order valence-corrected chi connectivity index (χ3v) is 4.84. The summed E-state index contributed by atoms with van der Waals surface area (Å²) in [6, 6.07) is 6.24. The molecule has 0 N–H and O–H groups in total. The van der Waals surface area contributed by atoms with Gasteiger partial charge < -0.3 is 4.74 Å². The van der Waals surface area contributed by atoms with Gasteiger partial charge in [-0.1, -0.05) is 38.7 Å². The van der Waals surface area contributed by atoms with E-state index < -0.39 is 0 Å². The molecule has 3 heteroatoms. The fourth-order valence-electron chi connectivity index (χ4n) is 2.72. The lowest BCUT2D eigenvalue weighted by Gasteiger charge is -2.16. The van der Waals surface area contributed by atoms with Crippen LogP contribution < -0.4 is 4.74 Å². The van der Waals surface area contributed by atoms with Crippen LogP contribution in [0.15, 0.2) is 22.7 Å². The van der Waals surface area contributed by atoms with Crippen molar-refractivity contribution < 1.29 is 4.74 Å². The van der Waals surface area contributed by atoms with Crippen LogP contribution in [0.5, 0.6) is 5.75 Å². The van der Waals surface area contributed by atoms with Crippen LogP contribution >= 0.6 is 27.5 Å². The minimum atomic E-state index is 0.125. The van der Waals surface area contributed by atoms with Crippen LogP contribution in [-0.4, -0.2) is 6.61 Å². The molecule has 0 amide bonds. The largest absolute Gasteiger partial charge is 0.492 e. The Morgan fingerprint density at radius 3 is 2.74 bits per heavy atom. The van der Waals surface area contributed by atoms with E-state index in [9.17, 15) is 0 Å². The second-order valence-corrected chi connectivity index (χ2v) is 6.77. The van der Waals surface area contributed by atoms with Crippen LogP contribution in [0.2, 0.25) is 0 Å². The van der Waals surface area contributed by atoms with Gasteiger partial charge in [-0.25, -0.2) is 0 Å². The van der Waals surface area contributed by atoms with Crippen molar-refractivity contribution >= 4 is 27.5 Å². The highest BCUT2D eigenvalue weighted by molar-refractivity contribution is 9.10. The Balaban J connectivity index is 1.97. The van der Waals surface area contributed by atoms with Crippen molar-refractivity contribution in [3.05, 3.63) is 28.2 Å². The molecule has 1 saturated carbocycles. The lowest BCUT2D eigenvalue weighted by atomic mass is 9.98. The highest BCUT2D eigenvalue weighted by atomic mass is 79.9. The van der Waals surface area contributed by atoms with E-state index in [1.807, 2.05) is 6.07 Å². The molecule has 1 aliphatic carbocycles. The standard InChI is InChI=1S/C16H22BrClO/c1-2-9-19-16-8-7-13(11-14(16)17)15(18)10-12-5-3-4-6-12/h7-8,11-12,15H,2-6,9-10H2,1H3. The fourth-order valence-corrected chi connectivity index (χ4v) is 3.61. The Morgan fingerprint density at radius 2 is 2.11 bits per heavy atom. The van der Waals surface area contributed by atoms with Gasteiger partial charge in [0.25, 0.3) is 0 Å². The van der Waals surface area contributed by atoms with Gasteiger partial charge in [-0.2, -0.15) is 0 Å². The highest BCUT2D eigenvalue weighted by Crippen LogP contribution is 2.38. The summed E-state index contributed by atoms with van der Waals surface area (Å²) >= 11 is 10.1. The third kappa shape index (κ3) is 4.39. The zero-order valence-corrected chi connectivity index (χ0v) is 13.8. The SMILES string of the molecule is CCCOc1ccc(C(Cl)CC2CCCC2)cc1Br. The molecule has 1 unspecified atom stereocenters. The molecule has 1 aliphatic rings. The molecule has 106 valence electrons. The topological polar surface area (TPSA) is 9.23 Å². The Bertz CT molecular complexity index is 402. The average molecular weight is 346 g/mol. The number of alkyl halides is 1. The summed E-state index contributed by atoms with van der Waals surface area (Å²) < 4.78 is 6.67. The summed E-state index contributed by atoms with van der Waals surface area (Å²) in [5.41, 5.74) is 1.20. The maximum absolute atomic E-state index is 6.55. The zero-order chi connectivity index (χ0) is 13.7. The van der Waals surface area contributed by atoms with Crippen LogP contribution in [-0.2, 0) is 0 Å². The molecule has 0 saturated heterocycles. The predicted molar refractivity (Wildman–Crippen MR) is 85.1 cm³/mol. The number of hydrogen-bond donors (Lipinski definition) is 0. The molecule has 1 atom stereocenters. The van der Waals surface area contributed by atoms with E-state index in [4.69, 9.17) is 16.3 Å². The minimum absolute atomic E-state index is 0.125. The van der Waals surface area contributed by atoms with Crippen molar-refractivity contribution in [3.63, 3.8) is 0 Å². The van der Waals surface area contributed by atoms with Crippen LogP contribution in [0.1, 0.15) is 56.4 Å². The Kier molecular flexibility index (Phi) is 6.03. The molecule has 1 fully saturated rings. The smallest absolute Gasteiger partial charge is 0.133 e. The number of halogens is 2. The maximum Gasteiger partial charge on any atom is 0.133 e. The number of benzene rings is 1. The molecule has 0 heterocycles. The molecule has 2 rings (SSSR count). The van der Waals surface area contributed by atoms with Gasteiger partial charge >= 0.3 is 0 Å². The summed E-state index contributed by atoms with van der Waals surface area (Å²) in [7, 11) is 0. The molecule has 1 nitrogen and oxygen atoms in total. The maximum atomic E-state index is 6.55. The van der Waals surface area contributed by atoms with E-state index in [1.165, 1.54) is 31.2 Å². The third-order valence-electron chi connectivity index (χ3n) is 3.79. The molecule has 19 heavy (non-hydrogen) atoms. The van der Waals surface area contributed by atoms with Crippen LogP contribution in [0.4, 0.5) is 0 Å². The average Bonchev–Trinajstić information content (AvgIpc) is 2.90. The Hall–Kier alpha value is -0.210. The number of ether oxygens (including phenoxy) is 1. The van der Waals surface area contributed by atoms with Crippen molar-refractivity contribution in [1.29, 1.82) is 0 Å². The van der Waals surface area contributed by atoms with E-state index in [0.717, 1.165) is 35.6 Å². The first kappa shape index (κ1) is 15.2. The van der Waals surface area contributed by atoms with E-state index in [1.54, 1.807) is 0 Å². The van der Waals surface area contributed by atoms with Gasteiger partial charge in [0.05, 0.1) is 16.5 Å². The number of hydrogen-bond acceptors (Lipinski definition) is 1. The Morgan fingerprint density at radius 1 is 1.37 bits per heavy atom. The normalized spacial score (nSPS) is 17.6. The van der Waals surface area contributed by atoms with Crippen molar-refractivity contribution in [3.8, 4) is 5.75 Å². The predicted octanol–water partition coefficient (Wildman–Crippen LogP) is 6.10. The van der Waals surface area contributed by atoms with Crippen LogP contribution in [0.3, 0.4) is 0 Å². The molecule has 0 spiro atoms. The van der Waals surface area contributed by atoms with Crippen molar-refractivity contribution in [2.24, 2.45) is 5.92 Å². The fraction of sp³-hybridized carbons (Fsp3) is 0.625. The summed E-state index contributed by atoms with van der Waals surface area (Å²) in [4.78, 5) is 0. The lowest BCUT2D eigenvalue weighted by molar-refractivity contribution is 0.315. The molecule has 0 radical (unpaired) electrons. The minimum Gasteiger partial charge on any atom is -0.492 e. The van der Waals surface area contributed by atoms with Crippen molar-refractivity contribution in [2.75, 3.05) is 6.61 Å². The first-order chi connectivity index (χ1) is 9.20. The molecule has 0 bridgehead atoms. The van der Waals surface area contributed by atoms with Gasteiger partial charge in [-0.05, 0) is 52.4 Å². The summed E-state index contributed by atoms with van der Waals surface area (Å²) in [5.74, 6) is 1.73.